The van der Waals surface area contributed by atoms with Gasteiger partial charge in [-0.3, -0.25) is 4.79 Å². The van der Waals surface area contributed by atoms with E-state index >= 15 is 0 Å². The molecule has 0 N–H and O–H groups in total. The van der Waals surface area contributed by atoms with Gasteiger partial charge in [0.05, 0.1) is 13.4 Å². The molecule has 1 saturated heterocycles. The molecule has 1 aliphatic rings. The number of nitrogens with zero attached hydrogens (tertiary/aromatic N) is 4. The molecule has 0 amide bonds. The fourth-order valence-corrected chi connectivity index (χ4v) is 5.45. The first-order valence-corrected chi connectivity index (χ1v) is 12.9. The molecule has 0 atom stereocenters. The maximum atomic E-state index is 13.2. The minimum absolute atomic E-state index is 0.0832. The number of aromatic nitrogens is 3. The Hall–Kier alpha value is -2.76. The van der Waals surface area contributed by atoms with E-state index in [1.807, 2.05) is 17.5 Å². The number of hydrogen-bond acceptors (Lipinski definition) is 7. The number of sulfonamides is 1. The predicted octanol–water partition coefficient (Wildman–Crippen LogP) is 2.13. The lowest BCUT2D eigenvalue weighted by Crippen LogP contribution is -2.37. The van der Waals surface area contributed by atoms with E-state index in [0.717, 1.165) is 5.00 Å². The molecule has 0 aliphatic carbocycles. The number of ether oxygens (including phenoxy) is 1. The lowest BCUT2D eigenvalue weighted by atomic mass is 9.97. The standard InChI is InChI=1S/C21H24N4O5S2/c1-30-17-7-5-15(6-8-17)18(26)14-24-21(27)25(19-4-3-13-31-19)20(22-24)16-9-11-23(12-10-16)32(2,28)29/h3-8,13,16H,9-12,14H2,1-2H3. The van der Waals surface area contributed by atoms with Gasteiger partial charge in [0.2, 0.25) is 10.0 Å². The number of carbonyl (C=O) groups is 1. The molecular weight excluding hydrogens is 452 g/mol. The summed E-state index contributed by atoms with van der Waals surface area (Å²) in [5.41, 5.74) is 0.0845. The van der Waals surface area contributed by atoms with Gasteiger partial charge in [0.15, 0.2) is 5.78 Å². The first-order chi connectivity index (χ1) is 15.3. The summed E-state index contributed by atoms with van der Waals surface area (Å²) in [5, 5.41) is 7.13. The van der Waals surface area contributed by atoms with Crippen molar-refractivity contribution in [1.29, 1.82) is 0 Å². The maximum Gasteiger partial charge on any atom is 0.351 e. The Morgan fingerprint density at radius 1 is 1.19 bits per heavy atom. The van der Waals surface area contributed by atoms with Gasteiger partial charge in [0, 0.05) is 24.6 Å². The number of thiophene rings is 1. The zero-order valence-corrected chi connectivity index (χ0v) is 19.4. The molecule has 170 valence electrons. The van der Waals surface area contributed by atoms with E-state index in [-0.39, 0.29) is 23.9 Å². The molecule has 3 aromatic rings. The summed E-state index contributed by atoms with van der Waals surface area (Å²) < 4.78 is 33.0. The van der Waals surface area contributed by atoms with Crippen molar-refractivity contribution in [3.05, 3.63) is 63.7 Å². The van der Waals surface area contributed by atoms with Crippen LogP contribution in [0.25, 0.3) is 5.00 Å². The van der Waals surface area contributed by atoms with Crippen LogP contribution in [0.3, 0.4) is 0 Å². The van der Waals surface area contributed by atoms with Crippen LogP contribution < -0.4 is 10.4 Å². The second-order valence-electron chi connectivity index (χ2n) is 7.67. The average Bonchev–Trinajstić information content (AvgIpc) is 3.41. The zero-order chi connectivity index (χ0) is 22.9. The topological polar surface area (TPSA) is 104 Å². The third-order valence-corrected chi connectivity index (χ3v) is 7.74. The summed E-state index contributed by atoms with van der Waals surface area (Å²) in [6, 6.07) is 10.4. The molecule has 1 aromatic carbocycles. The van der Waals surface area contributed by atoms with E-state index in [1.54, 1.807) is 35.9 Å². The highest BCUT2D eigenvalue weighted by molar-refractivity contribution is 7.88. The summed E-state index contributed by atoms with van der Waals surface area (Å²) in [5.74, 6) is 0.890. The van der Waals surface area contributed by atoms with Crippen LogP contribution in [-0.4, -0.2) is 59.3 Å². The van der Waals surface area contributed by atoms with Crippen LogP contribution in [0.2, 0.25) is 0 Å². The van der Waals surface area contributed by atoms with Crippen LogP contribution in [0.1, 0.15) is 34.9 Å². The molecule has 0 unspecified atom stereocenters. The Balaban J connectivity index is 1.63. The Labute approximate surface area is 189 Å². The van der Waals surface area contributed by atoms with Gasteiger partial charge in [-0.25, -0.2) is 26.8 Å². The number of carbonyl (C=O) groups excluding carboxylic acids is 1. The monoisotopic (exact) mass is 476 g/mol. The highest BCUT2D eigenvalue weighted by atomic mass is 32.2. The van der Waals surface area contributed by atoms with Gasteiger partial charge in [0.25, 0.3) is 0 Å². The van der Waals surface area contributed by atoms with E-state index in [1.165, 1.54) is 26.6 Å². The molecule has 0 radical (unpaired) electrons. The van der Waals surface area contributed by atoms with Crippen LogP contribution in [0.4, 0.5) is 0 Å². The van der Waals surface area contributed by atoms with Gasteiger partial charge in [-0.05, 0) is 54.6 Å². The highest BCUT2D eigenvalue weighted by Gasteiger charge is 2.31. The van der Waals surface area contributed by atoms with Crippen LogP contribution in [0.15, 0.2) is 46.6 Å². The van der Waals surface area contributed by atoms with Gasteiger partial charge >= 0.3 is 5.69 Å². The van der Waals surface area contributed by atoms with Crippen molar-refractivity contribution in [3.8, 4) is 10.8 Å². The number of hydrogen-bond donors (Lipinski definition) is 0. The number of Topliss-reactive ketones (excluding diaryl/α,β-unsaturated/α-hetero) is 1. The summed E-state index contributed by atoms with van der Waals surface area (Å²) in [7, 11) is -1.70. The minimum atomic E-state index is -3.25. The third-order valence-electron chi connectivity index (χ3n) is 5.58. The number of rotatable bonds is 7. The molecule has 0 saturated carbocycles. The van der Waals surface area contributed by atoms with E-state index in [2.05, 4.69) is 5.10 Å². The molecule has 9 nitrogen and oxygen atoms in total. The molecule has 0 bridgehead atoms. The van der Waals surface area contributed by atoms with E-state index in [0.29, 0.717) is 43.1 Å². The molecule has 1 fully saturated rings. The van der Waals surface area contributed by atoms with Gasteiger partial charge < -0.3 is 4.74 Å². The second-order valence-corrected chi connectivity index (χ2v) is 10.6. The van der Waals surface area contributed by atoms with Crippen molar-refractivity contribution in [2.45, 2.75) is 25.3 Å². The van der Waals surface area contributed by atoms with Crippen molar-refractivity contribution in [1.82, 2.24) is 18.7 Å². The number of methoxy groups -OCH3 is 1. The van der Waals surface area contributed by atoms with Crippen molar-refractivity contribution < 1.29 is 17.9 Å². The molecule has 32 heavy (non-hydrogen) atoms. The van der Waals surface area contributed by atoms with Crippen LogP contribution in [0.5, 0.6) is 5.75 Å². The van der Waals surface area contributed by atoms with Gasteiger partial charge in [-0.1, -0.05) is 0 Å². The van der Waals surface area contributed by atoms with E-state index in [4.69, 9.17) is 4.74 Å². The van der Waals surface area contributed by atoms with E-state index in [9.17, 15) is 18.0 Å². The number of piperidine rings is 1. The number of ketones is 1. The molecule has 3 heterocycles. The van der Waals surface area contributed by atoms with Gasteiger partial charge in [-0.2, -0.15) is 5.10 Å². The van der Waals surface area contributed by atoms with Crippen molar-refractivity contribution in [3.63, 3.8) is 0 Å². The van der Waals surface area contributed by atoms with Crippen LogP contribution in [-0.2, 0) is 16.6 Å². The van der Waals surface area contributed by atoms with Gasteiger partial charge in [-0.15, -0.1) is 11.3 Å². The first-order valence-electron chi connectivity index (χ1n) is 10.1. The van der Waals surface area contributed by atoms with Crippen LogP contribution >= 0.6 is 11.3 Å². The van der Waals surface area contributed by atoms with Crippen molar-refractivity contribution in [2.75, 3.05) is 26.5 Å². The lowest BCUT2D eigenvalue weighted by molar-refractivity contribution is 0.0966. The minimum Gasteiger partial charge on any atom is -0.497 e. The van der Waals surface area contributed by atoms with Gasteiger partial charge in [0.1, 0.15) is 23.1 Å². The highest BCUT2D eigenvalue weighted by Crippen LogP contribution is 2.29. The molecule has 4 rings (SSSR count). The first kappa shape index (κ1) is 22.4. The molecular formula is C21H24N4O5S2. The quantitative estimate of drug-likeness (QED) is 0.484. The Morgan fingerprint density at radius 3 is 2.44 bits per heavy atom. The summed E-state index contributed by atoms with van der Waals surface area (Å²) in [6.07, 6.45) is 2.32. The van der Waals surface area contributed by atoms with E-state index < -0.39 is 10.0 Å². The lowest BCUT2D eigenvalue weighted by Gasteiger charge is -2.29. The fraction of sp³-hybridized carbons (Fsp3) is 0.381. The third kappa shape index (κ3) is 4.54. The fourth-order valence-electron chi connectivity index (χ4n) is 3.85. The SMILES string of the molecule is COc1ccc(C(=O)Cn2nc(C3CCN(S(C)(=O)=O)CC3)n(-c3cccs3)c2=O)cc1. The second kappa shape index (κ2) is 9.00. The van der Waals surface area contributed by atoms with Crippen molar-refractivity contribution >= 4 is 27.1 Å². The van der Waals surface area contributed by atoms with Crippen molar-refractivity contribution in [2.24, 2.45) is 0 Å². The largest absolute Gasteiger partial charge is 0.497 e. The average molecular weight is 477 g/mol. The smallest absolute Gasteiger partial charge is 0.351 e. The predicted molar refractivity (Wildman–Crippen MR) is 121 cm³/mol. The Bertz CT molecular complexity index is 1250. The summed E-state index contributed by atoms with van der Waals surface area (Å²) in [4.78, 5) is 26.0. The summed E-state index contributed by atoms with van der Waals surface area (Å²) >= 11 is 1.41. The molecule has 2 aromatic heterocycles. The molecule has 11 heteroatoms. The Kier molecular flexibility index (Phi) is 6.31. The molecule has 1 aliphatic heterocycles. The van der Waals surface area contributed by atoms with Crippen LogP contribution in [0, 0.1) is 0 Å². The molecule has 0 spiro atoms. The normalized spacial score (nSPS) is 15.7. The maximum absolute atomic E-state index is 13.2. The zero-order valence-electron chi connectivity index (χ0n) is 17.8. The summed E-state index contributed by atoms with van der Waals surface area (Å²) in [6.45, 7) is 0.568. The number of benzene rings is 1. The Morgan fingerprint density at radius 2 is 1.88 bits per heavy atom.